The Labute approximate surface area is 230 Å². The lowest BCUT2D eigenvalue weighted by Crippen LogP contribution is -2.39. The van der Waals surface area contributed by atoms with Crippen molar-refractivity contribution in [1.29, 1.82) is 0 Å². The van der Waals surface area contributed by atoms with Gasteiger partial charge in [0.1, 0.15) is 30.3 Å². The fraction of sp³-hybridized carbons (Fsp3) is 0.406. The van der Waals surface area contributed by atoms with Gasteiger partial charge in [-0.3, -0.25) is 14.0 Å². The van der Waals surface area contributed by atoms with Crippen LogP contribution in [0.2, 0.25) is 0 Å². The average molecular weight is 530 g/mol. The number of benzene rings is 3. The fourth-order valence-electron chi connectivity index (χ4n) is 5.42. The predicted octanol–water partition coefficient (Wildman–Crippen LogP) is 5.18. The SMILES string of the molecule is CO[C@@]1(COc2ccc(C)cc2)CCCN(Cc2ccc(OCCn3c(=O)n(C)c4ccccc43)cc2)CC1. The van der Waals surface area contributed by atoms with Crippen LogP contribution in [0.5, 0.6) is 11.5 Å². The van der Waals surface area contributed by atoms with Gasteiger partial charge in [-0.1, -0.05) is 42.0 Å². The molecule has 7 heteroatoms. The van der Waals surface area contributed by atoms with Crippen molar-refractivity contribution in [2.45, 2.75) is 44.9 Å². The molecular formula is C32H39N3O4. The molecule has 1 fully saturated rings. The first-order chi connectivity index (χ1) is 19.0. The highest BCUT2D eigenvalue weighted by atomic mass is 16.5. The molecule has 0 saturated carbocycles. The number of aromatic nitrogens is 2. The quantitative estimate of drug-likeness (QED) is 0.283. The van der Waals surface area contributed by atoms with Crippen molar-refractivity contribution >= 4 is 11.0 Å². The first-order valence-corrected chi connectivity index (χ1v) is 13.8. The van der Waals surface area contributed by atoms with Gasteiger partial charge in [0.15, 0.2) is 0 Å². The number of fused-ring (bicyclic) bond motifs is 1. The summed E-state index contributed by atoms with van der Waals surface area (Å²) in [6.45, 7) is 6.48. The molecule has 0 spiro atoms. The van der Waals surface area contributed by atoms with Crippen molar-refractivity contribution < 1.29 is 14.2 Å². The predicted molar refractivity (Wildman–Crippen MR) is 155 cm³/mol. The molecule has 4 aromatic rings. The van der Waals surface area contributed by atoms with Crippen LogP contribution < -0.4 is 15.2 Å². The number of rotatable bonds is 10. The van der Waals surface area contributed by atoms with E-state index in [1.54, 1.807) is 16.2 Å². The number of para-hydroxylation sites is 2. The zero-order valence-corrected chi connectivity index (χ0v) is 23.3. The molecule has 1 aliphatic heterocycles. The van der Waals surface area contributed by atoms with Gasteiger partial charge in [0.2, 0.25) is 0 Å². The second-order valence-electron chi connectivity index (χ2n) is 10.6. The molecule has 1 aliphatic rings. The van der Waals surface area contributed by atoms with E-state index in [2.05, 4.69) is 36.1 Å². The Kier molecular flexibility index (Phi) is 8.38. The largest absolute Gasteiger partial charge is 0.492 e. The third-order valence-electron chi connectivity index (χ3n) is 7.91. The Balaban J connectivity index is 1.12. The van der Waals surface area contributed by atoms with Gasteiger partial charge in [-0.25, -0.2) is 4.79 Å². The van der Waals surface area contributed by atoms with Gasteiger partial charge in [0.05, 0.1) is 17.6 Å². The van der Waals surface area contributed by atoms with Gasteiger partial charge in [-0.15, -0.1) is 0 Å². The lowest BCUT2D eigenvalue weighted by molar-refractivity contribution is -0.0541. The van der Waals surface area contributed by atoms with E-state index in [1.807, 2.05) is 55.6 Å². The summed E-state index contributed by atoms with van der Waals surface area (Å²) in [7, 11) is 3.61. The maximum atomic E-state index is 12.6. The highest BCUT2D eigenvalue weighted by Gasteiger charge is 2.33. The number of methoxy groups -OCH3 is 1. The standard InChI is InChI=1S/C32H39N3O4/c1-25-9-13-28(14-10-25)39-24-32(37-3)17-6-19-34(20-18-32)23-26-11-15-27(16-12-26)38-22-21-35-30-8-5-4-7-29(30)33(2)31(35)36/h4-5,7-16H,6,17-24H2,1-3H3/t32-/m0/s1. The molecular weight excluding hydrogens is 490 g/mol. The molecule has 0 radical (unpaired) electrons. The fourth-order valence-corrected chi connectivity index (χ4v) is 5.42. The number of imidazole rings is 1. The minimum Gasteiger partial charge on any atom is -0.492 e. The van der Waals surface area contributed by atoms with E-state index < -0.39 is 0 Å². The molecule has 3 aromatic carbocycles. The molecule has 0 bridgehead atoms. The van der Waals surface area contributed by atoms with Crippen molar-refractivity contribution in [1.82, 2.24) is 14.0 Å². The molecule has 1 aromatic heterocycles. The minimum atomic E-state index is -0.261. The van der Waals surface area contributed by atoms with Gasteiger partial charge in [-0.2, -0.15) is 0 Å². The summed E-state index contributed by atoms with van der Waals surface area (Å²) in [5.41, 5.74) is 4.07. The van der Waals surface area contributed by atoms with Crippen molar-refractivity contribution in [3.63, 3.8) is 0 Å². The second-order valence-corrected chi connectivity index (χ2v) is 10.6. The van der Waals surface area contributed by atoms with Crippen molar-refractivity contribution in [2.24, 2.45) is 7.05 Å². The lowest BCUT2D eigenvalue weighted by Gasteiger charge is -2.31. The van der Waals surface area contributed by atoms with E-state index in [4.69, 9.17) is 14.2 Å². The van der Waals surface area contributed by atoms with Crippen LogP contribution in [0.1, 0.15) is 30.4 Å². The molecule has 1 atom stereocenters. The number of hydrogen-bond donors (Lipinski definition) is 0. The van der Waals surface area contributed by atoms with Gasteiger partial charge < -0.3 is 14.2 Å². The van der Waals surface area contributed by atoms with Gasteiger partial charge in [-0.05, 0) is 74.7 Å². The van der Waals surface area contributed by atoms with Crippen LogP contribution in [0.4, 0.5) is 0 Å². The third kappa shape index (κ3) is 6.37. The normalized spacial score (nSPS) is 18.2. The Hall–Kier alpha value is -3.55. The van der Waals surface area contributed by atoms with Crippen molar-refractivity contribution in [2.75, 3.05) is 33.4 Å². The van der Waals surface area contributed by atoms with Crippen LogP contribution in [-0.2, 0) is 24.9 Å². The Morgan fingerprint density at radius 3 is 2.28 bits per heavy atom. The lowest BCUT2D eigenvalue weighted by atomic mass is 9.95. The van der Waals surface area contributed by atoms with E-state index in [9.17, 15) is 4.79 Å². The van der Waals surface area contributed by atoms with E-state index >= 15 is 0 Å². The van der Waals surface area contributed by atoms with Crippen LogP contribution in [0.25, 0.3) is 11.0 Å². The molecule has 7 nitrogen and oxygen atoms in total. The third-order valence-corrected chi connectivity index (χ3v) is 7.91. The number of nitrogens with zero attached hydrogens (tertiary/aromatic N) is 3. The average Bonchev–Trinajstić information content (AvgIpc) is 3.08. The number of hydrogen-bond acceptors (Lipinski definition) is 5. The molecule has 0 N–H and O–H groups in total. The van der Waals surface area contributed by atoms with Gasteiger partial charge in [0.25, 0.3) is 0 Å². The number of likely N-dealkylation sites (tertiary alicyclic amines) is 1. The van der Waals surface area contributed by atoms with E-state index in [0.717, 1.165) is 61.4 Å². The Bertz CT molecular complexity index is 1420. The highest BCUT2D eigenvalue weighted by Crippen LogP contribution is 2.28. The maximum Gasteiger partial charge on any atom is 0.328 e. The molecule has 2 heterocycles. The van der Waals surface area contributed by atoms with E-state index in [0.29, 0.717) is 19.8 Å². The van der Waals surface area contributed by atoms with E-state index in [1.165, 1.54) is 11.1 Å². The monoisotopic (exact) mass is 529 g/mol. The number of aryl methyl sites for hydroxylation is 2. The smallest absolute Gasteiger partial charge is 0.328 e. The summed E-state index contributed by atoms with van der Waals surface area (Å²) < 4.78 is 21.6. The summed E-state index contributed by atoms with van der Waals surface area (Å²) in [5.74, 6) is 1.71. The van der Waals surface area contributed by atoms with Crippen molar-refractivity contribution in [3.8, 4) is 11.5 Å². The molecule has 0 aliphatic carbocycles. The van der Waals surface area contributed by atoms with Gasteiger partial charge >= 0.3 is 5.69 Å². The summed E-state index contributed by atoms with van der Waals surface area (Å²) in [4.78, 5) is 15.1. The van der Waals surface area contributed by atoms with Crippen LogP contribution in [0.3, 0.4) is 0 Å². The molecule has 39 heavy (non-hydrogen) atoms. The van der Waals surface area contributed by atoms with Crippen LogP contribution in [0.15, 0.2) is 77.6 Å². The molecule has 0 unspecified atom stereocenters. The highest BCUT2D eigenvalue weighted by molar-refractivity contribution is 5.75. The van der Waals surface area contributed by atoms with Crippen LogP contribution >= 0.6 is 0 Å². The molecule has 1 saturated heterocycles. The van der Waals surface area contributed by atoms with E-state index in [-0.39, 0.29) is 11.3 Å². The Morgan fingerprint density at radius 2 is 1.54 bits per heavy atom. The summed E-state index contributed by atoms with van der Waals surface area (Å²) in [6, 6.07) is 24.4. The molecule has 206 valence electrons. The zero-order chi connectivity index (χ0) is 27.2. The first-order valence-electron chi connectivity index (χ1n) is 13.8. The van der Waals surface area contributed by atoms with Crippen LogP contribution in [0, 0.1) is 6.92 Å². The van der Waals surface area contributed by atoms with Crippen molar-refractivity contribution in [3.05, 3.63) is 94.4 Å². The minimum absolute atomic E-state index is 0.0215. The van der Waals surface area contributed by atoms with Crippen LogP contribution in [-0.4, -0.2) is 53.0 Å². The first kappa shape index (κ1) is 27.0. The van der Waals surface area contributed by atoms with Gasteiger partial charge in [0, 0.05) is 27.2 Å². The second kappa shape index (κ2) is 12.1. The summed E-state index contributed by atoms with van der Waals surface area (Å²) in [5, 5.41) is 0. The summed E-state index contributed by atoms with van der Waals surface area (Å²) >= 11 is 0. The molecule has 5 rings (SSSR count). The topological polar surface area (TPSA) is 57.9 Å². The zero-order valence-electron chi connectivity index (χ0n) is 23.3. The Morgan fingerprint density at radius 1 is 0.846 bits per heavy atom. The summed E-state index contributed by atoms with van der Waals surface area (Å²) in [6.07, 6.45) is 2.99. The number of ether oxygens (including phenoxy) is 3. The molecule has 0 amide bonds. The maximum absolute atomic E-state index is 12.6.